The van der Waals surface area contributed by atoms with Crippen molar-refractivity contribution >= 4 is 17.7 Å². The maximum absolute atomic E-state index is 10.8. The largest absolute Gasteiger partial charge is 0.481 e. The second-order valence-corrected chi connectivity index (χ2v) is 9.73. The maximum atomic E-state index is 10.8. The topological polar surface area (TPSA) is 98.0 Å². The first kappa shape index (κ1) is 24.2. The van der Waals surface area contributed by atoms with E-state index in [0.717, 1.165) is 30.6 Å². The van der Waals surface area contributed by atoms with E-state index in [4.69, 9.17) is 5.11 Å². The van der Waals surface area contributed by atoms with E-state index in [9.17, 15) is 20.1 Å². The summed E-state index contributed by atoms with van der Waals surface area (Å²) < 4.78 is 0. The minimum absolute atomic E-state index is 0.0113. The van der Waals surface area contributed by atoms with Crippen LogP contribution in [0.25, 0.3) is 0 Å². The van der Waals surface area contributed by atoms with E-state index < -0.39 is 23.8 Å². The van der Waals surface area contributed by atoms with Gasteiger partial charge in [0.2, 0.25) is 0 Å². The van der Waals surface area contributed by atoms with E-state index in [1.807, 2.05) is 37.3 Å². The van der Waals surface area contributed by atoms with Crippen molar-refractivity contribution < 1.29 is 25.2 Å². The first-order valence-corrected chi connectivity index (χ1v) is 11.8. The number of aliphatic carboxylic acids is 1. The number of carbonyl (C=O) groups is 1. The fourth-order valence-electron chi connectivity index (χ4n) is 4.30. The molecule has 0 radical (unpaired) electrons. The highest BCUT2D eigenvalue weighted by molar-refractivity contribution is 7.99. The maximum Gasteiger partial charge on any atom is 0.303 e. The molecule has 2 unspecified atom stereocenters. The number of benzene rings is 1. The van der Waals surface area contributed by atoms with Crippen molar-refractivity contribution in [2.45, 2.75) is 87.4 Å². The standard InChI is InChI=1S/C23H36O5S/c1-23(28,16-29-17-9-5-4-6-10-17)14-13-19-18(20(24)15-21(19)25)11-7-2-3-8-12-22(26)27/h4-6,9-10,18-21,24-25,28H,2-3,7-8,11-16H2,1H3,(H,26,27)/t18-,19?,20+,21-,23?/m1/s1. The Kier molecular flexibility index (Phi) is 9.96. The molecule has 164 valence electrons. The Bertz CT molecular complexity index is 607. The van der Waals surface area contributed by atoms with Gasteiger partial charge >= 0.3 is 5.97 Å². The van der Waals surface area contributed by atoms with Crippen LogP contribution in [0.2, 0.25) is 0 Å². The van der Waals surface area contributed by atoms with Crippen LogP contribution < -0.4 is 0 Å². The van der Waals surface area contributed by atoms with Crippen LogP contribution in [0.3, 0.4) is 0 Å². The van der Waals surface area contributed by atoms with E-state index in [-0.39, 0.29) is 18.3 Å². The Hall–Kier alpha value is -1.08. The van der Waals surface area contributed by atoms with Gasteiger partial charge in [0, 0.05) is 17.1 Å². The van der Waals surface area contributed by atoms with Crippen LogP contribution >= 0.6 is 11.8 Å². The summed E-state index contributed by atoms with van der Waals surface area (Å²) in [6.07, 6.45) is 5.22. The fraction of sp³-hybridized carbons (Fsp3) is 0.696. The molecule has 0 bridgehead atoms. The third kappa shape index (κ3) is 8.67. The molecule has 6 heteroatoms. The molecule has 5 atom stereocenters. The molecular formula is C23H36O5S. The lowest BCUT2D eigenvalue weighted by Crippen LogP contribution is -2.31. The Labute approximate surface area is 178 Å². The molecule has 0 amide bonds. The van der Waals surface area contributed by atoms with E-state index in [1.165, 1.54) is 0 Å². The molecular weight excluding hydrogens is 388 g/mol. The zero-order chi connectivity index (χ0) is 21.3. The third-order valence-electron chi connectivity index (χ3n) is 6.01. The van der Waals surface area contributed by atoms with Crippen molar-refractivity contribution in [2.24, 2.45) is 11.8 Å². The molecule has 1 aromatic carbocycles. The van der Waals surface area contributed by atoms with Crippen molar-refractivity contribution in [3.8, 4) is 0 Å². The first-order valence-electron chi connectivity index (χ1n) is 10.8. The normalized spacial score (nSPS) is 26.3. The summed E-state index contributed by atoms with van der Waals surface area (Å²) in [6.45, 7) is 1.85. The molecule has 0 spiro atoms. The highest BCUT2D eigenvalue weighted by Crippen LogP contribution is 2.40. The van der Waals surface area contributed by atoms with E-state index in [1.54, 1.807) is 11.8 Å². The van der Waals surface area contributed by atoms with Crippen molar-refractivity contribution in [3.63, 3.8) is 0 Å². The number of carboxylic acid groups (broad SMARTS) is 1. The number of hydrogen-bond acceptors (Lipinski definition) is 5. The number of aliphatic hydroxyl groups is 3. The lowest BCUT2D eigenvalue weighted by atomic mass is 9.83. The van der Waals surface area contributed by atoms with Crippen molar-refractivity contribution in [2.75, 3.05) is 5.75 Å². The summed E-state index contributed by atoms with van der Waals surface area (Å²) >= 11 is 1.63. The van der Waals surface area contributed by atoms with Gasteiger partial charge in [-0.05, 0) is 63.0 Å². The Morgan fingerprint density at radius 2 is 1.66 bits per heavy atom. The fourth-order valence-corrected chi connectivity index (χ4v) is 5.27. The van der Waals surface area contributed by atoms with Crippen molar-refractivity contribution in [3.05, 3.63) is 30.3 Å². The van der Waals surface area contributed by atoms with E-state index >= 15 is 0 Å². The van der Waals surface area contributed by atoms with Crippen LogP contribution in [0.1, 0.15) is 64.7 Å². The molecule has 5 nitrogen and oxygen atoms in total. The van der Waals surface area contributed by atoms with Gasteiger partial charge in [0.15, 0.2) is 0 Å². The Morgan fingerprint density at radius 3 is 2.31 bits per heavy atom. The second-order valence-electron chi connectivity index (χ2n) is 8.68. The minimum atomic E-state index is -0.824. The molecule has 1 fully saturated rings. The molecule has 0 saturated heterocycles. The number of rotatable bonds is 13. The van der Waals surface area contributed by atoms with Gasteiger partial charge in [-0.1, -0.05) is 37.5 Å². The van der Waals surface area contributed by atoms with Crippen LogP contribution in [0.15, 0.2) is 35.2 Å². The zero-order valence-electron chi connectivity index (χ0n) is 17.4. The number of unbranched alkanes of at least 4 members (excludes halogenated alkanes) is 3. The van der Waals surface area contributed by atoms with Gasteiger partial charge in [-0.2, -0.15) is 0 Å². The zero-order valence-corrected chi connectivity index (χ0v) is 18.2. The Balaban J connectivity index is 1.76. The molecule has 1 aliphatic carbocycles. The van der Waals surface area contributed by atoms with Crippen LogP contribution in [-0.2, 0) is 4.79 Å². The van der Waals surface area contributed by atoms with Gasteiger partial charge in [0.1, 0.15) is 0 Å². The molecule has 4 N–H and O–H groups in total. The quantitative estimate of drug-likeness (QED) is 0.281. The molecule has 1 aliphatic rings. The predicted octanol–water partition coefficient (Wildman–Crippen LogP) is 4.09. The SMILES string of the molecule is CC(O)(CCC1[C@H](O)C[C@H](O)[C@@H]1CCCCCCC(=O)O)CSc1ccccc1. The van der Waals surface area contributed by atoms with Gasteiger partial charge in [-0.3, -0.25) is 4.79 Å². The lowest BCUT2D eigenvalue weighted by Gasteiger charge is -2.28. The number of thioether (sulfide) groups is 1. The summed E-state index contributed by atoms with van der Waals surface area (Å²) in [7, 11) is 0. The van der Waals surface area contributed by atoms with Gasteiger partial charge in [0.05, 0.1) is 17.8 Å². The molecule has 0 aliphatic heterocycles. The van der Waals surface area contributed by atoms with Gasteiger partial charge in [0.25, 0.3) is 0 Å². The summed E-state index contributed by atoms with van der Waals surface area (Å²) in [5.41, 5.74) is -0.824. The average Bonchev–Trinajstić information content (AvgIpc) is 2.94. The van der Waals surface area contributed by atoms with Gasteiger partial charge in [-0.25, -0.2) is 0 Å². The molecule has 1 saturated carbocycles. The highest BCUT2D eigenvalue weighted by atomic mass is 32.2. The summed E-state index contributed by atoms with van der Waals surface area (Å²) in [4.78, 5) is 11.7. The van der Waals surface area contributed by atoms with Crippen LogP contribution in [0.4, 0.5) is 0 Å². The molecule has 0 aromatic heterocycles. The summed E-state index contributed by atoms with van der Waals surface area (Å²) in [5.74, 6) is -0.0902. The smallest absolute Gasteiger partial charge is 0.303 e. The van der Waals surface area contributed by atoms with E-state index in [0.29, 0.717) is 31.4 Å². The minimum Gasteiger partial charge on any atom is -0.481 e. The van der Waals surface area contributed by atoms with Crippen molar-refractivity contribution in [1.29, 1.82) is 0 Å². The molecule has 1 aromatic rings. The number of hydrogen-bond donors (Lipinski definition) is 4. The predicted molar refractivity (Wildman–Crippen MR) is 116 cm³/mol. The number of carboxylic acids is 1. The summed E-state index contributed by atoms with van der Waals surface area (Å²) in [6, 6.07) is 10.0. The van der Waals surface area contributed by atoms with Crippen LogP contribution in [0, 0.1) is 11.8 Å². The van der Waals surface area contributed by atoms with Gasteiger partial charge in [-0.15, -0.1) is 11.8 Å². The highest BCUT2D eigenvalue weighted by Gasteiger charge is 2.41. The second kappa shape index (κ2) is 11.9. The monoisotopic (exact) mass is 424 g/mol. The first-order chi connectivity index (χ1) is 13.8. The van der Waals surface area contributed by atoms with Crippen LogP contribution in [-0.4, -0.2) is 50.0 Å². The van der Waals surface area contributed by atoms with Crippen LogP contribution in [0.5, 0.6) is 0 Å². The molecule has 29 heavy (non-hydrogen) atoms. The van der Waals surface area contributed by atoms with Crippen molar-refractivity contribution in [1.82, 2.24) is 0 Å². The van der Waals surface area contributed by atoms with E-state index in [2.05, 4.69) is 0 Å². The third-order valence-corrected chi connectivity index (χ3v) is 7.38. The molecule has 2 rings (SSSR count). The lowest BCUT2D eigenvalue weighted by molar-refractivity contribution is -0.137. The number of aliphatic hydroxyl groups excluding tert-OH is 2. The average molecular weight is 425 g/mol. The Morgan fingerprint density at radius 1 is 1.03 bits per heavy atom. The summed E-state index contributed by atoms with van der Waals surface area (Å²) in [5, 5.41) is 40.3. The van der Waals surface area contributed by atoms with Gasteiger partial charge < -0.3 is 20.4 Å². The molecule has 0 heterocycles.